The maximum Gasteiger partial charge on any atom is 0.130 e. The van der Waals surface area contributed by atoms with Gasteiger partial charge >= 0.3 is 0 Å². The number of aryl methyl sites for hydroxylation is 1. The number of hydrogen-bond acceptors (Lipinski definition) is 5. The number of hydrogen-bond donors (Lipinski definition) is 1. The van der Waals surface area contributed by atoms with Crippen LogP contribution in [0.4, 0.5) is 0 Å². The Labute approximate surface area is 115 Å². The van der Waals surface area contributed by atoms with Crippen molar-refractivity contribution >= 4 is 0 Å². The van der Waals surface area contributed by atoms with Crippen LogP contribution in [0, 0.1) is 6.92 Å². The molecular formula is C14H24N4O. The Morgan fingerprint density at radius 3 is 2.79 bits per heavy atom. The second kappa shape index (κ2) is 5.94. The highest BCUT2D eigenvalue weighted by Crippen LogP contribution is 2.16. The molecule has 0 radical (unpaired) electrons. The summed E-state index contributed by atoms with van der Waals surface area (Å²) in [5.74, 6) is 0.869. The van der Waals surface area contributed by atoms with E-state index in [2.05, 4.69) is 33.9 Å². The van der Waals surface area contributed by atoms with Gasteiger partial charge in [-0.15, -0.1) is 0 Å². The van der Waals surface area contributed by atoms with E-state index in [1.165, 1.54) is 0 Å². The van der Waals surface area contributed by atoms with Crippen molar-refractivity contribution in [2.75, 3.05) is 33.7 Å². The molecule has 1 N–H and O–H groups in total. The molecule has 5 nitrogen and oxygen atoms in total. The Morgan fingerprint density at radius 2 is 2.16 bits per heavy atom. The van der Waals surface area contributed by atoms with E-state index in [-0.39, 0.29) is 0 Å². The zero-order valence-electron chi connectivity index (χ0n) is 12.3. The third-order valence-corrected chi connectivity index (χ3v) is 3.92. The molecule has 0 bridgehead atoms. The highest BCUT2D eigenvalue weighted by molar-refractivity contribution is 5.18. The Balaban J connectivity index is 2.08. The van der Waals surface area contributed by atoms with Gasteiger partial charge in [-0.25, -0.2) is 9.97 Å². The average molecular weight is 264 g/mol. The molecule has 1 fully saturated rings. The zero-order chi connectivity index (χ0) is 14.0. The van der Waals surface area contributed by atoms with Gasteiger partial charge in [0.05, 0.1) is 6.10 Å². The fraction of sp³-hybridized carbons (Fsp3) is 0.714. The first-order valence-electron chi connectivity index (χ1n) is 6.86. The lowest BCUT2D eigenvalue weighted by molar-refractivity contribution is 0.113. The van der Waals surface area contributed by atoms with Gasteiger partial charge in [0, 0.05) is 49.6 Å². The van der Waals surface area contributed by atoms with Crippen LogP contribution >= 0.6 is 0 Å². The van der Waals surface area contributed by atoms with E-state index < -0.39 is 6.10 Å². The molecule has 1 saturated heterocycles. The highest BCUT2D eigenvalue weighted by Gasteiger charge is 2.23. The molecule has 1 aromatic rings. The first kappa shape index (κ1) is 14.4. The van der Waals surface area contributed by atoms with E-state index >= 15 is 0 Å². The molecule has 0 aliphatic carbocycles. The van der Waals surface area contributed by atoms with E-state index in [9.17, 15) is 5.11 Å². The number of rotatable bonds is 3. The van der Waals surface area contributed by atoms with Gasteiger partial charge in [-0.2, -0.15) is 0 Å². The van der Waals surface area contributed by atoms with Crippen molar-refractivity contribution in [3.05, 3.63) is 23.3 Å². The van der Waals surface area contributed by atoms with Crippen LogP contribution < -0.4 is 0 Å². The molecule has 1 aliphatic rings. The second-order valence-electron chi connectivity index (χ2n) is 5.60. The number of aliphatic hydroxyl groups excluding tert-OH is 1. The van der Waals surface area contributed by atoms with Crippen molar-refractivity contribution in [3.8, 4) is 0 Å². The summed E-state index contributed by atoms with van der Waals surface area (Å²) in [6.07, 6.45) is 2.12. The van der Waals surface area contributed by atoms with E-state index in [0.717, 1.165) is 43.1 Å². The minimum Gasteiger partial charge on any atom is -0.389 e. The molecule has 1 aromatic heterocycles. The normalized spacial score (nSPS) is 23.5. The molecule has 2 heterocycles. The Bertz CT molecular complexity index is 435. The molecule has 0 aromatic carbocycles. The third kappa shape index (κ3) is 3.49. The number of aliphatic hydroxyl groups is 1. The monoisotopic (exact) mass is 264 g/mol. The van der Waals surface area contributed by atoms with Crippen LogP contribution in [0.15, 0.2) is 6.20 Å². The van der Waals surface area contributed by atoms with Gasteiger partial charge in [-0.05, 0) is 27.9 Å². The number of piperazine rings is 1. The summed E-state index contributed by atoms with van der Waals surface area (Å²) in [7, 11) is 4.32. The highest BCUT2D eigenvalue weighted by atomic mass is 16.3. The van der Waals surface area contributed by atoms with Crippen molar-refractivity contribution < 1.29 is 5.11 Å². The van der Waals surface area contributed by atoms with E-state index in [1.54, 1.807) is 13.1 Å². The predicted octanol–water partition coefficient (Wildman–Crippen LogP) is 0.627. The maximum absolute atomic E-state index is 9.60. The third-order valence-electron chi connectivity index (χ3n) is 3.92. The first-order chi connectivity index (χ1) is 8.97. The lowest BCUT2D eigenvalue weighted by Crippen LogP contribution is -2.51. The van der Waals surface area contributed by atoms with Crippen molar-refractivity contribution in [2.45, 2.75) is 32.4 Å². The lowest BCUT2D eigenvalue weighted by Gasteiger charge is -2.37. The lowest BCUT2D eigenvalue weighted by atomic mass is 10.1. The van der Waals surface area contributed by atoms with Crippen LogP contribution in [0.1, 0.15) is 30.1 Å². The van der Waals surface area contributed by atoms with Gasteiger partial charge in [0.2, 0.25) is 0 Å². The van der Waals surface area contributed by atoms with Crippen LogP contribution in [0.2, 0.25) is 0 Å². The van der Waals surface area contributed by atoms with Gasteiger partial charge in [-0.3, -0.25) is 0 Å². The van der Waals surface area contributed by atoms with Crippen LogP contribution in [-0.2, 0) is 6.42 Å². The Hall–Kier alpha value is -1.04. The minimum atomic E-state index is -0.502. The molecule has 0 amide bonds. The molecule has 2 rings (SSSR count). The fourth-order valence-electron chi connectivity index (χ4n) is 2.57. The summed E-state index contributed by atoms with van der Waals surface area (Å²) in [4.78, 5) is 13.7. The largest absolute Gasteiger partial charge is 0.389 e. The molecule has 2 atom stereocenters. The van der Waals surface area contributed by atoms with Gasteiger partial charge in [0.25, 0.3) is 0 Å². The van der Waals surface area contributed by atoms with Crippen molar-refractivity contribution in [1.29, 1.82) is 0 Å². The van der Waals surface area contributed by atoms with Crippen LogP contribution in [0.25, 0.3) is 0 Å². The first-order valence-corrected chi connectivity index (χ1v) is 6.86. The van der Waals surface area contributed by atoms with Gasteiger partial charge < -0.3 is 14.9 Å². The van der Waals surface area contributed by atoms with Gasteiger partial charge in [0.1, 0.15) is 5.82 Å². The van der Waals surface area contributed by atoms with Crippen LogP contribution in [-0.4, -0.2) is 64.6 Å². The molecule has 1 unspecified atom stereocenters. The zero-order valence-corrected chi connectivity index (χ0v) is 12.3. The number of aromatic nitrogens is 2. The second-order valence-corrected chi connectivity index (χ2v) is 5.60. The number of nitrogens with zero attached hydrogens (tertiary/aromatic N) is 4. The fourth-order valence-corrected chi connectivity index (χ4v) is 2.57. The molecule has 19 heavy (non-hydrogen) atoms. The van der Waals surface area contributed by atoms with Crippen molar-refractivity contribution in [3.63, 3.8) is 0 Å². The molecule has 0 saturated carbocycles. The summed E-state index contributed by atoms with van der Waals surface area (Å²) < 4.78 is 0. The van der Waals surface area contributed by atoms with Gasteiger partial charge in [0.15, 0.2) is 0 Å². The summed E-state index contributed by atoms with van der Waals surface area (Å²) in [6.45, 7) is 6.94. The van der Waals surface area contributed by atoms with Crippen molar-refractivity contribution in [2.24, 2.45) is 0 Å². The molecule has 0 spiro atoms. The summed E-state index contributed by atoms with van der Waals surface area (Å²) in [6, 6.07) is 0.468. The minimum absolute atomic E-state index is 0.468. The average Bonchev–Trinajstić information content (AvgIpc) is 2.33. The smallest absolute Gasteiger partial charge is 0.130 e. The van der Waals surface area contributed by atoms with Gasteiger partial charge in [-0.1, -0.05) is 0 Å². The SMILES string of the molecule is Cc1nc(CC2CN(C)CCN2C)ncc1[C@H](C)O. The molecule has 106 valence electrons. The predicted molar refractivity (Wildman–Crippen MR) is 75.0 cm³/mol. The topological polar surface area (TPSA) is 52.5 Å². The summed E-state index contributed by atoms with van der Waals surface area (Å²) >= 11 is 0. The van der Waals surface area contributed by atoms with Crippen LogP contribution in [0.3, 0.4) is 0 Å². The maximum atomic E-state index is 9.60. The molecule has 5 heteroatoms. The molecular weight excluding hydrogens is 240 g/mol. The van der Waals surface area contributed by atoms with Crippen LogP contribution in [0.5, 0.6) is 0 Å². The quantitative estimate of drug-likeness (QED) is 0.867. The standard InChI is InChI=1S/C14H24N4O/c1-10-13(11(2)19)8-15-14(16-10)7-12-9-17(3)5-6-18(12)4/h8,11-12,19H,5-7,9H2,1-4H3/t11-,12?/m0/s1. The van der Waals surface area contributed by atoms with E-state index in [4.69, 9.17) is 0 Å². The number of likely N-dealkylation sites (N-methyl/N-ethyl adjacent to an activating group) is 2. The Kier molecular flexibility index (Phi) is 4.50. The van der Waals surface area contributed by atoms with Crippen molar-refractivity contribution in [1.82, 2.24) is 19.8 Å². The van der Waals surface area contributed by atoms with E-state index in [1.807, 2.05) is 6.92 Å². The molecule has 1 aliphatic heterocycles. The summed E-state index contributed by atoms with van der Waals surface area (Å²) in [5.41, 5.74) is 1.70. The summed E-state index contributed by atoms with van der Waals surface area (Å²) in [5, 5.41) is 9.60. The Morgan fingerprint density at radius 1 is 1.42 bits per heavy atom. The van der Waals surface area contributed by atoms with E-state index in [0.29, 0.717) is 6.04 Å².